The molecule has 1 aliphatic heterocycles. The molecule has 0 fully saturated rings. The number of carboxylic acid groups (broad SMARTS) is 1. The Morgan fingerprint density at radius 2 is 2.00 bits per heavy atom. The van der Waals surface area contributed by atoms with E-state index in [0.717, 1.165) is 10.5 Å². The van der Waals surface area contributed by atoms with Gasteiger partial charge in [-0.25, -0.2) is 4.79 Å². The number of aromatic nitrogens is 2. The van der Waals surface area contributed by atoms with Crippen molar-refractivity contribution in [2.24, 2.45) is 0 Å². The number of carbonyl (C=O) groups is 1. The number of methoxy groups -OCH3 is 1. The molecule has 0 unspecified atom stereocenters. The molecule has 1 aromatic carbocycles. The molecule has 0 aliphatic carbocycles. The van der Waals surface area contributed by atoms with Crippen LogP contribution in [0.4, 0.5) is 18.0 Å². The second-order valence-corrected chi connectivity index (χ2v) is 5.73. The van der Waals surface area contributed by atoms with Gasteiger partial charge in [0.15, 0.2) is 5.69 Å². The Bertz CT molecular complexity index is 784. The van der Waals surface area contributed by atoms with Gasteiger partial charge in [0.1, 0.15) is 5.75 Å². The largest absolute Gasteiger partial charge is 0.497 e. The number of alkyl halides is 3. The van der Waals surface area contributed by atoms with Crippen molar-refractivity contribution in [1.82, 2.24) is 14.7 Å². The third-order valence-corrected chi connectivity index (χ3v) is 4.17. The quantitative estimate of drug-likeness (QED) is 0.919. The molecule has 0 bridgehead atoms. The van der Waals surface area contributed by atoms with Crippen LogP contribution in [0.25, 0.3) is 0 Å². The summed E-state index contributed by atoms with van der Waals surface area (Å²) in [7, 11) is 1.52. The van der Waals surface area contributed by atoms with E-state index in [4.69, 9.17) is 9.84 Å². The molecule has 2 heterocycles. The number of rotatable bonds is 3. The Morgan fingerprint density at radius 1 is 1.32 bits per heavy atom. The Balaban J connectivity index is 1.97. The van der Waals surface area contributed by atoms with Crippen LogP contribution >= 0.6 is 0 Å². The summed E-state index contributed by atoms with van der Waals surface area (Å²) in [4.78, 5) is 12.3. The maximum absolute atomic E-state index is 13.3. The summed E-state index contributed by atoms with van der Waals surface area (Å²) in [5.74, 6) is 0.638. The lowest BCUT2D eigenvalue weighted by Crippen LogP contribution is -2.36. The second kappa shape index (κ2) is 6.30. The van der Waals surface area contributed by atoms with Crippen LogP contribution in [0.2, 0.25) is 0 Å². The fraction of sp³-hybridized carbons (Fsp3) is 0.375. The van der Waals surface area contributed by atoms with Gasteiger partial charge in [-0.3, -0.25) is 4.68 Å². The van der Waals surface area contributed by atoms with Crippen molar-refractivity contribution in [2.45, 2.75) is 25.7 Å². The smallest absolute Gasteiger partial charge is 0.435 e. The van der Waals surface area contributed by atoms with Gasteiger partial charge >= 0.3 is 12.3 Å². The standard InChI is InChI=1S/C16H16F3N3O3/c1-25-11-4-2-10(3-5-11)8-22-13-9-21(15(23)24)7-6-12(13)14(20-22)16(17,18)19/h2-5H,6-9H2,1H3,(H,23,24). The number of benzene rings is 1. The number of fused-ring (bicyclic) bond motifs is 1. The maximum Gasteiger partial charge on any atom is 0.435 e. The summed E-state index contributed by atoms with van der Waals surface area (Å²) in [6, 6.07) is 6.88. The Hall–Kier alpha value is -2.71. The van der Waals surface area contributed by atoms with Crippen molar-refractivity contribution in [3.63, 3.8) is 0 Å². The van der Waals surface area contributed by atoms with Crippen LogP contribution in [-0.2, 0) is 25.7 Å². The minimum atomic E-state index is -4.57. The Labute approximate surface area is 141 Å². The molecule has 0 saturated carbocycles. The zero-order valence-corrected chi connectivity index (χ0v) is 13.4. The number of amides is 1. The molecule has 1 N–H and O–H groups in total. The van der Waals surface area contributed by atoms with Crippen LogP contribution in [0.15, 0.2) is 24.3 Å². The SMILES string of the molecule is COc1ccc(Cn2nc(C(F)(F)F)c3c2CN(C(=O)O)CC3)cc1. The van der Waals surface area contributed by atoms with E-state index in [-0.39, 0.29) is 37.3 Å². The van der Waals surface area contributed by atoms with Crippen molar-refractivity contribution >= 4 is 6.09 Å². The average molecular weight is 355 g/mol. The fourth-order valence-electron chi connectivity index (χ4n) is 2.91. The lowest BCUT2D eigenvalue weighted by Gasteiger charge is -2.25. The summed E-state index contributed by atoms with van der Waals surface area (Å²) in [5, 5.41) is 12.9. The predicted octanol–water partition coefficient (Wildman–Crippen LogP) is 2.99. The molecule has 0 atom stereocenters. The van der Waals surface area contributed by atoms with Crippen molar-refractivity contribution in [3.8, 4) is 5.75 Å². The van der Waals surface area contributed by atoms with Gasteiger partial charge in [0, 0.05) is 12.1 Å². The fourth-order valence-corrected chi connectivity index (χ4v) is 2.91. The molecule has 0 saturated heterocycles. The molecule has 6 nitrogen and oxygen atoms in total. The molecule has 9 heteroatoms. The molecule has 134 valence electrons. The first kappa shape index (κ1) is 17.1. The molecule has 0 radical (unpaired) electrons. The molecule has 3 rings (SSSR count). The summed E-state index contributed by atoms with van der Waals surface area (Å²) < 4.78 is 46.1. The lowest BCUT2D eigenvalue weighted by molar-refractivity contribution is -0.142. The molecule has 1 aromatic heterocycles. The van der Waals surface area contributed by atoms with Gasteiger partial charge < -0.3 is 14.7 Å². The second-order valence-electron chi connectivity index (χ2n) is 5.73. The minimum absolute atomic E-state index is 0.000904. The summed E-state index contributed by atoms with van der Waals surface area (Å²) in [5.41, 5.74) is 0.184. The number of hydrogen-bond donors (Lipinski definition) is 1. The number of ether oxygens (including phenoxy) is 1. The van der Waals surface area contributed by atoms with Gasteiger partial charge in [-0.15, -0.1) is 0 Å². The summed E-state index contributed by atoms with van der Waals surface area (Å²) in [6.45, 7) is 0.0411. The van der Waals surface area contributed by atoms with E-state index in [1.54, 1.807) is 24.3 Å². The van der Waals surface area contributed by atoms with E-state index in [1.165, 1.54) is 11.8 Å². The van der Waals surface area contributed by atoms with Crippen molar-refractivity contribution in [1.29, 1.82) is 0 Å². The highest BCUT2D eigenvalue weighted by Crippen LogP contribution is 2.35. The highest BCUT2D eigenvalue weighted by Gasteiger charge is 2.40. The first-order valence-corrected chi connectivity index (χ1v) is 7.56. The van der Waals surface area contributed by atoms with Crippen LogP contribution < -0.4 is 4.74 Å². The van der Waals surface area contributed by atoms with Gasteiger partial charge in [0.2, 0.25) is 0 Å². The molecular weight excluding hydrogens is 339 g/mol. The summed E-state index contributed by atoms with van der Waals surface area (Å²) >= 11 is 0. The van der Waals surface area contributed by atoms with E-state index < -0.39 is 18.0 Å². The molecule has 25 heavy (non-hydrogen) atoms. The number of hydrogen-bond acceptors (Lipinski definition) is 3. The van der Waals surface area contributed by atoms with E-state index in [1.807, 2.05) is 0 Å². The predicted molar refractivity (Wildman–Crippen MR) is 81.5 cm³/mol. The molecular formula is C16H16F3N3O3. The lowest BCUT2D eigenvalue weighted by atomic mass is 10.0. The van der Waals surface area contributed by atoms with Gasteiger partial charge in [-0.2, -0.15) is 18.3 Å². The number of nitrogens with zero attached hydrogens (tertiary/aromatic N) is 3. The summed E-state index contributed by atoms with van der Waals surface area (Å²) in [6.07, 6.45) is -5.73. The Morgan fingerprint density at radius 3 is 2.56 bits per heavy atom. The highest BCUT2D eigenvalue weighted by molar-refractivity contribution is 5.65. The van der Waals surface area contributed by atoms with Crippen LogP contribution in [0, 0.1) is 0 Å². The topological polar surface area (TPSA) is 67.6 Å². The minimum Gasteiger partial charge on any atom is -0.497 e. The van der Waals surface area contributed by atoms with E-state index in [0.29, 0.717) is 5.75 Å². The third-order valence-electron chi connectivity index (χ3n) is 4.17. The maximum atomic E-state index is 13.3. The van der Waals surface area contributed by atoms with Gasteiger partial charge in [-0.05, 0) is 24.1 Å². The molecule has 0 spiro atoms. The molecule has 1 aliphatic rings. The zero-order chi connectivity index (χ0) is 18.2. The van der Waals surface area contributed by atoms with E-state index in [2.05, 4.69) is 5.10 Å². The van der Waals surface area contributed by atoms with E-state index >= 15 is 0 Å². The van der Waals surface area contributed by atoms with Crippen molar-refractivity contribution in [2.75, 3.05) is 13.7 Å². The van der Waals surface area contributed by atoms with Gasteiger partial charge in [0.25, 0.3) is 0 Å². The first-order chi connectivity index (χ1) is 11.8. The number of halogens is 3. The zero-order valence-electron chi connectivity index (χ0n) is 13.4. The van der Waals surface area contributed by atoms with E-state index in [9.17, 15) is 18.0 Å². The van der Waals surface area contributed by atoms with Gasteiger partial charge in [-0.1, -0.05) is 12.1 Å². The van der Waals surface area contributed by atoms with Crippen molar-refractivity contribution in [3.05, 3.63) is 46.8 Å². The molecule has 2 aromatic rings. The van der Waals surface area contributed by atoms with Crippen LogP contribution in [0.5, 0.6) is 5.75 Å². The molecule has 1 amide bonds. The third kappa shape index (κ3) is 3.40. The van der Waals surface area contributed by atoms with Crippen LogP contribution in [0.1, 0.15) is 22.5 Å². The van der Waals surface area contributed by atoms with Gasteiger partial charge in [0.05, 0.1) is 25.9 Å². The van der Waals surface area contributed by atoms with Crippen LogP contribution in [0.3, 0.4) is 0 Å². The first-order valence-electron chi connectivity index (χ1n) is 7.56. The van der Waals surface area contributed by atoms with Crippen LogP contribution in [-0.4, -0.2) is 39.5 Å². The Kier molecular flexibility index (Phi) is 4.32. The normalized spacial score (nSPS) is 14.3. The average Bonchev–Trinajstić information content (AvgIpc) is 2.93. The highest BCUT2D eigenvalue weighted by atomic mass is 19.4. The van der Waals surface area contributed by atoms with Crippen molar-refractivity contribution < 1.29 is 27.8 Å². The monoisotopic (exact) mass is 355 g/mol.